The van der Waals surface area contributed by atoms with Crippen molar-refractivity contribution in [1.82, 2.24) is 10.3 Å². The first-order valence-electron chi connectivity index (χ1n) is 5.17. The Morgan fingerprint density at radius 3 is 3.07 bits per heavy atom. The summed E-state index contributed by atoms with van der Waals surface area (Å²) in [5.74, 6) is 0.613. The third-order valence-electron chi connectivity index (χ3n) is 2.60. The number of nitrogen functional groups attached to an aromatic ring is 1. The Morgan fingerprint density at radius 2 is 2.40 bits per heavy atom. The van der Waals surface area contributed by atoms with Crippen LogP contribution in [0.2, 0.25) is 0 Å². The quantitative estimate of drug-likeness (QED) is 0.776. The first-order chi connectivity index (χ1) is 7.16. The lowest BCUT2D eigenvalue weighted by Crippen LogP contribution is -2.26. The van der Waals surface area contributed by atoms with Crippen LogP contribution in [0, 0.1) is 12.8 Å². The lowest BCUT2D eigenvalue weighted by atomic mass is 10.2. The second kappa shape index (κ2) is 3.88. The van der Waals surface area contributed by atoms with Crippen molar-refractivity contribution in [3.8, 4) is 0 Å². The number of aryl methyl sites for hydroxylation is 1. The fourth-order valence-electron chi connectivity index (χ4n) is 1.43. The van der Waals surface area contributed by atoms with E-state index in [2.05, 4.69) is 10.3 Å². The molecule has 1 fully saturated rings. The Hall–Kier alpha value is -1.58. The number of carbonyl (C=O) groups is 1. The minimum absolute atomic E-state index is 0.0702. The molecule has 0 bridgehead atoms. The number of hydrogen-bond acceptors (Lipinski definition) is 3. The summed E-state index contributed by atoms with van der Waals surface area (Å²) in [6.07, 6.45) is 4.02. The summed E-state index contributed by atoms with van der Waals surface area (Å²) in [5, 5.41) is 2.89. The molecule has 15 heavy (non-hydrogen) atoms. The number of carbonyl (C=O) groups excluding carboxylic acids is 1. The number of rotatable bonds is 3. The zero-order valence-corrected chi connectivity index (χ0v) is 8.79. The van der Waals surface area contributed by atoms with Gasteiger partial charge >= 0.3 is 0 Å². The molecule has 1 heterocycles. The van der Waals surface area contributed by atoms with Crippen LogP contribution in [0.5, 0.6) is 0 Å². The summed E-state index contributed by atoms with van der Waals surface area (Å²) in [4.78, 5) is 15.8. The number of pyridine rings is 1. The normalized spacial score (nSPS) is 15.0. The molecule has 0 radical (unpaired) electrons. The van der Waals surface area contributed by atoms with Gasteiger partial charge in [0.15, 0.2) is 0 Å². The Morgan fingerprint density at radius 1 is 1.67 bits per heavy atom. The Labute approximate surface area is 88.9 Å². The van der Waals surface area contributed by atoms with Crippen molar-refractivity contribution in [2.24, 2.45) is 5.92 Å². The van der Waals surface area contributed by atoms with Gasteiger partial charge in [0, 0.05) is 6.54 Å². The highest BCUT2D eigenvalue weighted by Gasteiger charge is 2.22. The minimum Gasteiger partial charge on any atom is -0.397 e. The summed E-state index contributed by atoms with van der Waals surface area (Å²) in [7, 11) is 0. The van der Waals surface area contributed by atoms with Crippen LogP contribution >= 0.6 is 0 Å². The van der Waals surface area contributed by atoms with Crippen LogP contribution in [0.1, 0.15) is 28.9 Å². The highest BCUT2D eigenvalue weighted by molar-refractivity contribution is 5.95. The van der Waals surface area contributed by atoms with Crippen molar-refractivity contribution in [2.75, 3.05) is 12.3 Å². The predicted molar refractivity (Wildman–Crippen MR) is 58.4 cm³/mol. The number of nitrogens with one attached hydrogen (secondary N) is 1. The third-order valence-corrected chi connectivity index (χ3v) is 2.60. The summed E-state index contributed by atoms with van der Waals surface area (Å²) < 4.78 is 0. The SMILES string of the molecule is Cc1ncc(N)cc1C(=O)NCC1CC1. The highest BCUT2D eigenvalue weighted by Crippen LogP contribution is 2.27. The van der Waals surface area contributed by atoms with Crippen molar-refractivity contribution in [3.05, 3.63) is 23.5 Å². The Kier molecular flexibility index (Phi) is 2.58. The van der Waals surface area contributed by atoms with Crippen LogP contribution in [0.25, 0.3) is 0 Å². The van der Waals surface area contributed by atoms with E-state index >= 15 is 0 Å². The molecule has 2 rings (SSSR count). The Balaban J connectivity index is 2.05. The summed E-state index contributed by atoms with van der Waals surface area (Å²) in [5.41, 5.74) is 7.42. The zero-order chi connectivity index (χ0) is 10.8. The van der Waals surface area contributed by atoms with E-state index in [9.17, 15) is 4.79 Å². The molecule has 1 aromatic rings. The fourth-order valence-corrected chi connectivity index (χ4v) is 1.43. The molecule has 0 atom stereocenters. The van der Waals surface area contributed by atoms with Gasteiger partial charge in [0.05, 0.1) is 23.1 Å². The lowest BCUT2D eigenvalue weighted by Gasteiger charge is -2.06. The van der Waals surface area contributed by atoms with E-state index in [1.54, 1.807) is 12.3 Å². The number of amides is 1. The molecule has 0 aromatic carbocycles. The van der Waals surface area contributed by atoms with Gasteiger partial charge in [-0.2, -0.15) is 0 Å². The van der Waals surface area contributed by atoms with Crippen molar-refractivity contribution in [2.45, 2.75) is 19.8 Å². The van der Waals surface area contributed by atoms with E-state index in [1.165, 1.54) is 12.8 Å². The van der Waals surface area contributed by atoms with Crippen LogP contribution in [0.15, 0.2) is 12.3 Å². The molecule has 1 aliphatic rings. The van der Waals surface area contributed by atoms with E-state index in [-0.39, 0.29) is 5.91 Å². The molecule has 0 spiro atoms. The van der Waals surface area contributed by atoms with Crippen molar-refractivity contribution in [1.29, 1.82) is 0 Å². The van der Waals surface area contributed by atoms with Gasteiger partial charge in [0.2, 0.25) is 0 Å². The topological polar surface area (TPSA) is 68.0 Å². The van der Waals surface area contributed by atoms with E-state index in [0.717, 1.165) is 12.2 Å². The molecule has 1 aromatic heterocycles. The van der Waals surface area contributed by atoms with Crippen molar-refractivity contribution in [3.63, 3.8) is 0 Å². The fraction of sp³-hybridized carbons (Fsp3) is 0.455. The maximum atomic E-state index is 11.7. The molecule has 4 nitrogen and oxygen atoms in total. The molecule has 80 valence electrons. The van der Waals surface area contributed by atoms with E-state index in [1.807, 2.05) is 6.92 Å². The number of anilines is 1. The van der Waals surface area contributed by atoms with Gasteiger partial charge < -0.3 is 11.1 Å². The number of hydrogen-bond donors (Lipinski definition) is 2. The predicted octanol–water partition coefficient (Wildman–Crippen LogP) is 1.11. The molecule has 1 saturated carbocycles. The maximum absolute atomic E-state index is 11.7. The molecule has 0 saturated heterocycles. The van der Waals surface area contributed by atoms with E-state index in [0.29, 0.717) is 17.2 Å². The smallest absolute Gasteiger partial charge is 0.253 e. The second-order valence-electron chi connectivity index (χ2n) is 4.06. The van der Waals surface area contributed by atoms with Crippen LogP contribution in [0.3, 0.4) is 0 Å². The zero-order valence-electron chi connectivity index (χ0n) is 8.79. The molecule has 1 aliphatic carbocycles. The maximum Gasteiger partial charge on any atom is 0.253 e. The van der Waals surface area contributed by atoms with Crippen LogP contribution in [-0.2, 0) is 0 Å². The molecule has 4 heteroatoms. The van der Waals surface area contributed by atoms with Gasteiger partial charge in [0.25, 0.3) is 5.91 Å². The third kappa shape index (κ3) is 2.46. The molecule has 0 aliphatic heterocycles. The average molecular weight is 205 g/mol. The molecular weight excluding hydrogens is 190 g/mol. The number of nitrogens with zero attached hydrogens (tertiary/aromatic N) is 1. The van der Waals surface area contributed by atoms with Gasteiger partial charge in [-0.3, -0.25) is 9.78 Å². The van der Waals surface area contributed by atoms with E-state index < -0.39 is 0 Å². The van der Waals surface area contributed by atoms with Crippen LogP contribution in [0.4, 0.5) is 5.69 Å². The van der Waals surface area contributed by atoms with Crippen molar-refractivity contribution >= 4 is 11.6 Å². The highest BCUT2D eigenvalue weighted by atomic mass is 16.1. The van der Waals surface area contributed by atoms with Gasteiger partial charge in [-0.25, -0.2) is 0 Å². The van der Waals surface area contributed by atoms with Gasteiger partial charge in [0.1, 0.15) is 0 Å². The van der Waals surface area contributed by atoms with Gasteiger partial charge in [-0.1, -0.05) is 0 Å². The van der Waals surface area contributed by atoms with Crippen LogP contribution in [-0.4, -0.2) is 17.4 Å². The number of aromatic nitrogens is 1. The number of nitrogens with two attached hydrogens (primary N) is 1. The monoisotopic (exact) mass is 205 g/mol. The lowest BCUT2D eigenvalue weighted by molar-refractivity contribution is 0.0951. The summed E-state index contributed by atoms with van der Waals surface area (Å²) in [6, 6.07) is 1.67. The first kappa shape index (κ1) is 9.96. The van der Waals surface area contributed by atoms with Crippen molar-refractivity contribution < 1.29 is 4.79 Å². The molecule has 0 unspecified atom stereocenters. The summed E-state index contributed by atoms with van der Waals surface area (Å²) >= 11 is 0. The molecular formula is C11H15N3O. The first-order valence-corrected chi connectivity index (χ1v) is 5.17. The Bertz CT molecular complexity index is 385. The van der Waals surface area contributed by atoms with Gasteiger partial charge in [-0.15, -0.1) is 0 Å². The minimum atomic E-state index is -0.0702. The van der Waals surface area contributed by atoms with Gasteiger partial charge in [-0.05, 0) is 31.7 Å². The van der Waals surface area contributed by atoms with E-state index in [4.69, 9.17) is 5.73 Å². The summed E-state index contributed by atoms with van der Waals surface area (Å²) in [6.45, 7) is 2.58. The largest absolute Gasteiger partial charge is 0.397 e. The standard InChI is InChI=1S/C11H15N3O/c1-7-10(4-9(12)6-13-7)11(15)14-5-8-2-3-8/h4,6,8H,2-3,5,12H2,1H3,(H,14,15). The average Bonchev–Trinajstić information content (AvgIpc) is 3.02. The van der Waals surface area contributed by atoms with Crippen LogP contribution < -0.4 is 11.1 Å². The second-order valence-corrected chi connectivity index (χ2v) is 4.06. The molecule has 1 amide bonds. The molecule has 3 N–H and O–H groups in total.